The molecule has 3 aliphatic rings. The molecule has 0 spiro atoms. The first kappa shape index (κ1) is 12.1. The minimum atomic E-state index is 0.235. The smallest absolute Gasteiger partial charge is 0.168 e. The Balaban J connectivity index is 1.78. The Bertz CT molecular complexity index is 545. The quantitative estimate of drug-likeness (QED) is 0.794. The molecule has 0 N–H and O–H groups in total. The number of carbonyl (C=O) groups is 1. The van der Waals surface area contributed by atoms with Crippen LogP contribution in [-0.4, -0.2) is 32.1 Å². The minimum absolute atomic E-state index is 0.235. The van der Waals surface area contributed by atoms with Gasteiger partial charge in [0.1, 0.15) is 13.2 Å². The molecule has 0 bridgehead atoms. The van der Waals surface area contributed by atoms with E-state index in [2.05, 4.69) is 4.90 Å². The first-order chi connectivity index (χ1) is 9.83. The van der Waals surface area contributed by atoms with Gasteiger partial charge in [-0.05, 0) is 31.7 Å². The lowest BCUT2D eigenvalue weighted by molar-refractivity contribution is 0.0967. The van der Waals surface area contributed by atoms with Gasteiger partial charge >= 0.3 is 0 Å². The van der Waals surface area contributed by atoms with E-state index in [4.69, 9.17) is 9.47 Å². The van der Waals surface area contributed by atoms with Crippen LogP contribution in [0.4, 0.5) is 5.69 Å². The van der Waals surface area contributed by atoms with Gasteiger partial charge in [-0.2, -0.15) is 0 Å². The molecule has 0 amide bonds. The second-order valence-corrected chi connectivity index (χ2v) is 5.85. The van der Waals surface area contributed by atoms with Crippen LogP contribution in [0.5, 0.6) is 11.5 Å². The molecule has 1 saturated carbocycles. The summed E-state index contributed by atoms with van der Waals surface area (Å²) < 4.78 is 11.3. The van der Waals surface area contributed by atoms with Crippen molar-refractivity contribution in [1.29, 1.82) is 0 Å². The summed E-state index contributed by atoms with van der Waals surface area (Å²) in [6, 6.07) is 3.91. The largest absolute Gasteiger partial charge is 0.486 e. The van der Waals surface area contributed by atoms with Crippen molar-refractivity contribution in [3.63, 3.8) is 0 Å². The van der Waals surface area contributed by atoms with Crippen LogP contribution in [0.2, 0.25) is 0 Å². The topological polar surface area (TPSA) is 38.8 Å². The zero-order chi connectivity index (χ0) is 13.5. The van der Waals surface area contributed by atoms with Gasteiger partial charge in [0.05, 0.1) is 5.69 Å². The molecule has 2 fully saturated rings. The Morgan fingerprint density at radius 2 is 1.70 bits per heavy atom. The van der Waals surface area contributed by atoms with Crippen LogP contribution in [-0.2, 0) is 0 Å². The summed E-state index contributed by atoms with van der Waals surface area (Å²) in [5.41, 5.74) is 1.88. The molecule has 20 heavy (non-hydrogen) atoms. The lowest BCUT2D eigenvalue weighted by Gasteiger charge is -2.25. The van der Waals surface area contributed by atoms with Crippen molar-refractivity contribution in [3.8, 4) is 11.5 Å². The van der Waals surface area contributed by atoms with Gasteiger partial charge in [0.15, 0.2) is 17.3 Å². The third kappa shape index (κ3) is 2.03. The lowest BCUT2D eigenvalue weighted by Crippen LogP contribution is -2.23. The van der Waals surface area contributed by atoms with E-state index in [9.17, 15) is 4.79 Å². The Morgan fingerprint density at radius 3 is 2.35 bits per heavy atom. The lowest BCUT2D eigenvalue weighted by atomic mass is 10.0. The summed E-state index contributed by atoms with van der Waals surface area (Å²) >= 11 is 0. The van der Waals surface area contributed by atoms with Gasteiger partial charge in [0.25, 0.3) is 0 Å². The number of carbonyl (C=O) groups excluding carboxylic acids is 1. The van der Waals surface area contributed by atoms with E-state index < -0.39 is 0 Å². The van der Waals surface area contributed by atoms with Crippen LogP contribution in [0.25, 0.3) is 0 Å². The number of fused-ring (bicyclic) bond motifs is 1. The van der Waals surface area contributed by atoms with Crippen molar-refractivity contribution in [2.45, 2.75) is 25.7 Å². The van der Waals surface area contributed by atoms with E-state index in [0.717, 1.165) is 48.7 Å². The van der Waals surface area contributed by atoms with Crippen LogP contribution >= 0.6 is 0 Å². The van der Waals surface area contributed by atoms with Gasteiger partial charge in [0, 0.05) is 30.6 Å². The fourth-order valence-corrected chi connectivity index (χ4v) is 3.06. The molecule has 0 radical (unpaired) electrons. The van der Waals surface area contributed by atoms with Crippen molar-refractivity contribution < 1.29 is 14.3 Å². The number of ether oxygens (including phenoxy) is 2. The molecule has 1 saturated heterocycles. The van der Waals surface area contributed by atoms with Crippen molar-refractivity contribution >= 4 is 11.5 Å². The number of benzene rings is 1. The van der Waals surface area contributed by atoms with Gasteiger partial charge < -0.3 is 14.4 Å². The van der Waals surface area contributed by atoms with Crippen molar-refractivity contribution in [2.24, 2.45) is 5.92 Å². The number of hydrogen-bond donors (Lipinski definition) is 0. The summed E-state index contributed by atoms with van der Waals surface area (Å²) in [5, 5.41) is 0. The summed E-state index contributed by atoms with van der Waals surface area (Å²) in [7, 11) is 0. The van der Waals surface area contributed by atoms with Crippen molar-refractivity contribution in [2.75, 3.05) is 31.2 Å². The maximum Gasteiger partial charge on any atom is 0.168 e. The standard InChI is InChI=1S/C16H19NO3/c18-16(11-3-4-11)12-9-14-15(20-8-7-19-14)10-13(12)17-5-1-2-6-17/h9-11H,1-8H2. The number of nitrogens with zero attached hydrogens (tertiary/aromatic N) is 1. The van der Waals surface area contributed by atoms with Gasteiger partial charge in [-0.25, -0.2) is 0 Å². The number of ketones is 1. The van der Waals surface area contributed by atoms with Crippen molar-refractivity contribution in [1.82, 2.24) is 0 Å². The third-order valence-electron chi connectivity index (χ3n) is 4.32. The molecule has 0 unspecified atom stereocenters. The average molecular weight is 273 g/mol. The normalized spacial score (nSPS) is 21.1. The maximum absolute atomic E-state index is 12.5. The van der Waals surface area contributed by atoms with Crippen molar-refractivity contribution in [3.05, 3.63) is 17.7 Å². The van der Waals surface area contributed by atoms with Gasteiger partial charge in [-0.3, -0.25) is 4.79 Å². The first-order valence-electron chi connectivity index (χ1n) is 7.56. The molecule has 4 rings (SSSR count). The average Bonchev–Trinajstić information content (AvgIpc) is 3.20. The molecule has 1 aromatic rings. The SMILES string of the molecule is O=C(c1cc2c(cc1N1CCCC1)OCCO2)C1CC1. The fourth-order valence-electron chi connectivity index (χ4n) is 3.06. The second kappa shape index (κ2) is 4.69. The van der Waals surface area contributed by atoms with Crippen LogP contribution in [0.1, 0.15) is 36.0 Å². The highest BCUT2D eigenvalue weighted by Crippen LogP contribution is 2.42. The Kier molecular flexibility index (Phi) is 2.83. The summed E-state index contributed by atoms with van der Waals surface area (Å²) in [6.07, 6.45) is 4.47. The molecular weight excluding hydrogens is 254 g/mol. The third-order valence-corrected chi connectivity index (χ3v) is 4.32. The number of rotatable bonds is 3. The van der Waals surface area contributed by atoms with E-state index in [1.54, 1.807) is 0 Å². The van der Waals surface area contributed by atoms with E-state index in [0.29, 0.717) is 13.2 Å². The van der Waals surface area contributed by atoms with Gasteiger partial charge in [-0.15, -0.1) is 0 Å². The van der Waals surface area contributed by atoms with Crippen LogP contribution in [0, 0.1) is 5.92 Å². The molecule has 4 heteroatoms. The van der Waals surface area contributed by atoms with Crippen LogP contribution < -0.4 is 14.4 Å². The van der Waals surface area contributed by atoms with Gasteiger partial charge in [-0.1, -0.05) is 0 Å². The fraction of sp³-hybridized carbons (Fsp3) is 0.562. The van der Waals surface area contributed by atoms with E-state index in [-0.39, 0.29) is 11.7 Å². The molecular formula is C16H19NO3. The predicted octanol–water partition coefficient (Wildman–Crippen LogP) is 2.65. The first-order valence-corrected chi connectivity index (χ1v) is 7.56. The highest BCUT2D eigenvalue weighted by atomic mass is 16.6. The van der Waals surface area contributed by atoms with E-state index in [1.165, 1.54) is 12.8 Å². The maximum atomic E-state index is 12.5. The Morgan fingerprint density at radius 1 is 1.05 bits per heavy atom. The number of hydrogen-bond acceptors (Lipinski definition) is 4. The van der Waals surface area contributed by atoms with Gasteiger partial charge in [0.2, 0.25) is 0 Å². The Hall–Kier alpha value is -1.71. The molecule has 1 aromatic carbocycles. The summed E-state index contributed by atoms with van der Waals surface area (Å²) in [4.78, 5) is 14.9. The molecule has 4 nitrogen and oxygen atoms in total. The predicted molar refractivity (Wildman–Crippen MR) is 75.9 cm³/mol. The van der Waals surface area contributed by atoms with Crippen LogP contribution in [0.3, 0.4) is 0 Å². The molecule has 2 heterocycles. The van der Waals surface area contributed by atoms with E-state index in [1.807, 2.05) is 12.1 Å². The van der Waals surface area contributed by atoms with Crippen LogP contribution in [0.15, 0.2) is 12.1 Å². The number of Topliss-reactive ketones (excluding diaryl/α,β-unsaturated/α-hetero) is 1. The highest BCUT2D eigenvalue weighted by Gasteiger charge is 2.34. The Labute approximate surface area is 118 Å². The molecule has 2 aliphatic heterocycles. The zero-order valence-electron chi connectivity index (χ0n) is 11.6. The molecule has 0 atom stereocenters. The molecule has 106 valence electrons. The molecule has 0 aromatic heterocycles. The summed E-state index contributed by atoms with van der Waals surface area (Å²) in [6.45, 7) is 3.21. The monoisotopic (exact) mass is 273 g/mol. The second-order valence-electron chi connectivity index (χ2n) is 5.85. The zero-order valence-corrected chi connectivity index (χ0v) is 11.6. The summed E-state index contributed by atoms with van der Waals surface area (Å²) in [5.74, 6) is 2.02. The minimum Gasteiger partial charge on any atom is -0.486 e. The highest BCUT2D eigenvalue weighted by molar-refractivity contribution is 6.04. The number of anilines is 1. The molecule has 1 aliphatic carbocycles. The van der Waals surface area contributed by atoms with E-state index >= 15 is 0 Å².